The number of halogens is 1. The number of aromatic amines is 1. The first-order chi connectivity index (χ1) is 17.6. The number of piperidine rings is 1. The van der Waals surface area contributed by atoms with Crippen molar-refractivity contribution in [1.29, 1.82) is 0 Å². The number of aromatic nitrogens is 5. The Kier molecular flexibility index (Phi) is 5.34. The van der Waals surface area contributed by atoms with Gasteiger partial charge in [-0.05, 0) is 54.7 Å². The van der Waals surface area contributed by atoms with E-state index in [4.69, 9.17) is 27.3 Å². The normalized spacial score (nSPS) is 20.7. The third-order valence-electron chi connectivity index (χ3n) is 7.81. The van der Waals surface area contributed by atoms with Gasteiger partial charge in [0.1, 0.15) is 10.8 Å². The molecule has 1 aromatic carbocycles. The molecule has 4 aromatic rings. The number of hydrogen-bond acceptors (Lipinski definition) is 8. The van der Waals surface area contributed by atoms with Crippen LogP contribution in [0.4, 0.5) is 11.8 Å². The van der Waals surface area contributed by atoms with Crippen LogP contribution in [0, 0.1) is 5.41 Å². The van der Waals surface area contributed by atoms with Gasteiger partial charge in [-0.1, -0.05) is 47.6 Å². The second-order valence-electron chi connectivity index (χ2n) is 10.1. The number of anilines is 2. The highest BCUT2D eigenvalue weighted by Gasteiger charge is 2.46. The van der Waals surface area contributed by atoms with Gasteiger partial charge in [-0.15, -0.1) is 0 Å². The third-order valence-corrected chi connectivity index (χ3v) is 9.27. The lowest BCUT2D eigenvalue weighted by molar-refractivity contribution is 0.187. The molecule has 1 aliphatic heterocycles. The summed E-state index contributed by atoms with van der Waals surface area (Å²) in [5.74, 6) is 1.55. The fraction of sp³-hybridized carbons (Fsp3) is 0.385. The minimum absolute atomic E-state index is 0.106. The summed E-state index contributed by atoms with van der Waals surface area (Å²) in [7, 11) is 0. The molecule has 7 rings (SSSR count). The van der Waals surface area contributed by atoms with Gasteiger partial charge in [-0.25, -0.2) is 15.0 Å². The van der Waals surface area contributed by atoms with Crippen molar-refractivity contribution >= 4 is 46.4 Å². The molecule has 2 fully saturated rings. The predicted molar refractivity (Wildman–Crippen MR) is 143 cm³/mol. The number of rotatable bonds is 5. The minimum atomic E-state index is 0.106. The quantitative estimate of drug-likeness (QED) is 0.340. The number of nitrogens with one attached hydrogen (secondary N) is 2. The molecular formula is C26H27ClN8S. The van der Waals surface area contributed by atoms with E-state index >= 15 is 0 Å². The number of hydrogen-bond donors (Lipinski definition) is 3. The van der Waals surface area contributed by atoms with Crippen LogP contribution in [0.5, 0.6) is 0 Å². The third kappa shape index (κ3) is 3.90. The number of nitrogens with two attached hydrogens (primary N) is 1. The molecule has 1 saturated carbocycles. The fourth-order valence-corrected chi connectivity index (χ4v) is 6.64. The lowest BCUT2D eigenvalue weighted by Gasteiger charge is -2.42. The second-order valence-corrected chi connectivity index (χ2v) is 11.6. The Hall–Kier alpha value is -2.88. The lowest BCUT2D eigenvalue weighted by Crippen LogP contribution is -2.44. The van der Waals surface area contributed by atoms with E-state index in [0.717, 1.165) is 66.9 Å². The topological polar surface area (TPSA) is 109 Å². The molecule has 0 radical (unpaired) electrons. The molecule has 2 aliphatic carbocycles. The smallest absolute Gasteiger partial charge is 0.206 e. The average Bonchev–Trinajstić information content (AvgIpc) is 3.55. The zero-order valence-corrected chi connectivity index (χ0v) is 21.3. The summed E-state index contributed by atoms with van der Waals surface area (Å²) in [4.78, 5) is 25.1. The van der Waals surface area contributed by atoms with Crippen molar-refractivity contribution in [3.63, 3.8) is 0 Å². The van der Waals surface area contributed by atoms with Crippen molar-refractivity contribution in [1.82, 2.24) is 24.9 Å². The summed E-state index contributed by atoms with van der Waals surface area (Å²) >= 11 is 8.10. The van der Waals surface area contributed by atoms with Gasteiger partial charge < -0.3 is 20.9 Å². The summed E-state index contributed by atoms with van der Waals surface area (Å²) in [6.07, 6.45) is 9.01. The molecule has 3 aliphatic rings. The maximum Gasteiger partial charge on any atom is 0.206 e. The molecule has 4 N–H and O–H groups in total. The zero-order valence-electron chi connectivity index (χ0n) is 19.7. The van der Waals surface area contributed by atoms with Gasteiger partial charge in [-0.2, -0.15) is 4.98 Å². The molecule has 1 spiro atoms. The van der Waals surface area contributed by atoms with Crippen LogP contribution in [0.1, 0.15) is 42.9 Å². The van der Waals surface area contributed by atoms with Crippen molar-refractivity contribution in [3.05, 3.63) is 58.9 Å². The Balaban J connectivity index is 1.07. The number of H-pyrrole nitrogens is 1. The van der Waals surface area contributed by atoms with E-state index in [1.54, 1.807) is 12.4 Å². The number of benzene rings is 1. The Bertz CT molecular complexity index is 1440. The van der Waals surface area contributed by atoms with Gasteiger partial charge in [0.05, 0.1) is 11.2 Å². The minimum Gasteiger partial charge on any atom is -0.366 e. The molecule has 36 heavy (non-hydrogen) atoms. The second kappa shape index (κ2) is 8.61. The SMILES string of the molecule is N[C@@H]1c2ccccc2CC12CCN(c1nc3ncc(Sc4ccnc(NC5CC5)c4Cl)nc3[nH]1)CC2. The van der Waals surface area contributed by atoms with Crippen LogP contribution in [-0.4, -0.2) is 44.1 Å². The zero-order chi connectivity index (χ0) is 24.3. The largest absolute Gasteiger partial charge is 0.366 e. The highest BCUT2D eigenvalue weighted by Crippen LogP contribution is 2.50. The molecule has 0 bridgehead atoms. The number of nitrogens with zero attached hydrogens (tertiary/aromatic N) is 5. The highest BCUT2D eigenvalue weighted by atomic mass is 35.5. The van der Waals surface area contributed by atoms with E-state index in [0.29, 0.717) is 22.4 Å². The van der Waals surface area contributed by atoms with E-state index in [-0.39, 0.29) is 11.5 Å². The molecule has 0 amide bonds. The highest BCUT2D eigenvalue weighted by molar-refractivity contribution is 7.99. The van der Waals surface area contributed by atoms with Gasteiger partial charge >= 0.3 is 0 Å². The van der Waals surface area contributed by atoms with E-state index in [1.165, 1.54) is 22.9 Å². The lowest BCUT2D eigenvalue weighted by atomic mass is 9.73. The van der Waals surface area contributed by atoms with Gasteiger partial charge in [0.15, 0.2) is 11.3 Å². The van der Waals surface area contributed by atoms with Crippen LogP contribution in [0.2, 0.25) is 5.02 Å². The predicted octanol–water partition coefficient (Wildman–Crippen LogP) is 4.97. The Morgan fingerprint density at radius 3 is 2.75 bits per heavy atom. The average molecular weight is 519 g/mol. The first-order valence-electron chi connectivity index (χ1n) is 12.5. The van der Waals surface area contributed by atoms with Crippen LogP contribution < -0.4 is 16.0 Å². The van der Waals surface area contributed by atoms with Crippen molar-refractivity contribution < 1.29 is 0 Å². The molecule has 0 unspecified atom stereocenters. The van der Waals surface area contributed by atoms with Crippen LogP contribution in [0.25, 0.3) is 11.3 Å². The first kappa shape index (κ1) is 22.3. The van der Waals surface area contributed by atoms with Crippen LogP contribution >= 0.6 is 23.4 Å². The standard InChI is InChI=1S/C26H27ClN8S/c27-20-18(7-10-29-22(20)31-16-5-6-16)36-19-14-30-23-24(32-19)34-25(33-23)35-11-8-26(9-12-35)13-15-3-1-2-4-17(15)21(26)28/h1-4,7,10,14,16,21H,5-6,8-9,11-13,28H2,(H,29,31)(H,30,32,33,34)/t21-/m1/s1. The summed E-state index contributed by atoms with van der Waals surface area (Å²) in [5.41, 5.74) is 10.9. The van der Waals surface area contributed by atoms with Crippen molar-refractivity contribution in [2.45, 2.75) is 54.1 Å². The van der Waals surface area contributed by atoms with E-state index in [2.05, 4.69) is 49.4 Å². The summed E-state index contributed by atoms with van der Waals surface area (Å²) in [6, 6.07) is 11.1. The molecular weight excluding hydrogens is 492 g/mol. The molecule has 8 nitrogen and oxygen atoms in total. The van der Waals surface area contributed by atoms with Gasteiger partial charge in [0, 0.05) is 36.3 Å². The molecule has 184 valence electrons. The number of pyridine rings is 1. The molecule has 3 aromatic heterocycles. The van der Waals surface area contributed by atoms with E-state index < -0.39 is 0 Å². The summed E-state index contributed by atoms with van der Waals surface area (Å²) < 4.78 is 0. The Labute approximate surface area is 218 Å². The molecule has 1 atom stereocenters. The number of fused-ring (bicyclic) bond motifs is 2. The van der Waals surface area contributed by atoms with Crippen molar-refractivity contribution in [3.8, 4) is 0 Å². The van der Waals surface area contributed by atoms with Gasteiger partial charge in [0.25, 0.3) is 0 Å². The summed E-state index contributed by atoms with van der Waals surface area (Å²) in [5, 5.41) is 4.76. The van der Waals surface area contributed by atoms with E-state index in [9.17, 15) is 0 Å². The molecule has 10 heteroatoms. The van der Waals surface area contributed by atoms with E-state index in [1.807, 2.05) is 6.07 Å². The Morgan fingerprint density at radius 1 is 1.11 bits per heavy atom. The van der Waals surface area contributed by atoms with Crippen LogP contribution in [0.15, 0.2) is 52.6 Å². The van der Waals surface area contributed by atoms with Crippen molar-refractivity contribution in [2.24, 2.45) is 11.1 Å². The number of imidazole rings is 1. The maximum atomic E-state index is 6.75. The maximum absolute atomic E-state index is 6.75. The first-order valence-corrected chi connectivity index (χ1v) is 13.7. The van der Waals surface area contributed by atoms with Gasteiger partial charge in [0.2, 0.25) is 5.95 Å². The molecule has 4 heterocycles. The molecule has 1 saturated heterocycles. The van der Waals surface area contributed by atoms with Crippen LogP contribution in [0.3, 0.4) is 0 Å². The summed E-state index contributed by atoms with van der Waals surface area (Å²) in [6.45, 7) is 1.82. The monoisotopic (exact) mass is 518 g/mol. The fourth-order valence-electron chi connectivity index (χ4n) is 5.57. The van der Waals surface area contributed by atoms with Gasteiger partial charge in [-0.3, -0.25) is 0 Å². The van der Waals surface area contributed by atoms with Crippen LogP contribution in [-0.2, 0) is 6.42 Å². The Morgan fingerprint density at radius 2 is 1.94 bits per heavy atom. The van der Waals surface area contributed by atoms with Crippen molar-refractivity contribution in [2.75, 3.05) is 23.3 Å².